The maximum atomic E-state index is 14.3. The van der Waals surface area contributed by atoms with Crippen molar-refractivity contribution in [3.05, 3.63) is 29.6 Å². The van der Waals surface area contributed by atoms with Gasteiger partial charge in [0.25, 0.3) is 0 Å². The summed E-state index contributed by atoms with van der Waals surface area (Å²) >= 11 is 0. The molecule has 1 saturated carbocycles. The molecule has 0 radical (unpaired) electrons. The van der Waals surface area contributed by atoms with E-state index in [9.17, 15) is 4.39 Å². The largest absolute Gasteiger partial charge is 0.371 e. The van der Waals surface area contributed by atoms with Crippen LogP contribution in [-0.2, 0) is 6.54 Å². The van der Waals surface area contributed by atoms with E-state index in [1.807, 2.05) is 6.07 Å². The maximum Gasteiger partial charge on any atom is 0.129 e. The fourth-order valence-electron chi connectivity index (χ4n) is 2.81. The standard InChI is InChI=1S/C18H29FN2/c1-4-14(5-2)13-21(6-3)18-9-7-8-17(19)16(18)12-20-15-10-11-15/h7-9,14-15,20H,4-6,10-13H2,1-3H3. The van der Waals surface area contributed by atoms with E-state index in [1.165, 1.54) is 25.7 Å². The summed E-state index contributed by atoms with van der Waals surface area (Å²) in [5.41, 5.74) is 1.90. The Kier molecular flexibility index (Phi) is 6.04. The van der Waals surface area contributed by atoms with Crippen LogP contribution in [0.15, 0.2) is 18.2 Å². The molecule has 0 bridgehead atoms. The SMILES string of the molecule is CCC(CC)CN(CC)c1cccc(F)c1CNC1CC1. The van der Waals surface area contributed by atoms with Gasteiger partial charge < -0.3 is 10.2 Å². The van der Waals surface area contributed by atoms with E-state index in [0.29, 0.717) is 18.5 Å². The first-order valence-corrected chi connectivity index (χ1v) is 8.45. The summed E-state index contributed by atoms with van der Waals surface area (Å²) in [5, 5.41) is 3.45. The Morgan fingerprint density at radius 1 is 1.24 bits per heavy atom. The van der Waals surface area contributed by atoms with E-state index < -0.39 is 0 Å². The molecule has 0 saturated heterocycles. The summed E-state index contributed by atoms with van der Waals surface area (Å²) < 4.78 is 14.3. The highest BCUT2D eigenvalue weighted by molar-refractivity contribution is 5.54. The van der Waals surface area contributed by atoms with E-state index in [2.05, 4.69) is 37.1 Å². The zero-order chi connectivity index (χ0) is 15.2. The molecule has 0 heterocycles. The van der Waals surface area contributed by atoms with Crippen LogP contribution in [0.5, 0.6) is 0 Å². The fraction of sp³-hybridized carbons (Fsp3) is 0.667. The van der Waals surface area contributed by atoms with Gasteiger partial charge in [-0.25, -0.2) is 4.39 Å². The third-order valence-corrected chi connectivity index (χ3v) is 4.59. The maximum absolute atomic E-state index is 14.3. The Hall–Kier alpha value is -1.09. The van der Waals surface area contributed by atoms with Gasteiger partial charge in [0.05, 0.1) is 0 Å². The van der Waals surface area contributed by atoms with Crippen LogP contribution in [0.1, 0.15) is 52.0 Å². The minimum Gasteiger partial charge on any atom is -0.371 e. The second-order valence-electron chi connectivity index (χ2n) is 6.11. The molecule has 2 rings (SSSR count). The summed E-state index contributed by atoms with van der Waals surface area (Å²) in [6.07, 6.45) is 4.82. The monoisotopic (exact) mass is 292 g/mol. The molecule has 0 aromatic heterocycles. The molecule has 0 spiro atoms. The number of hydrogen-bond acceptors (Lipinski definition) is 2. The normalized spacial score (nSPS) is 14.7. The van der Waals surface area contributed by atoms with Crippen molar-refractivity contribution in [2.45, 2.75) is 59.0 Å². The molecule has 1 aromatic carbocycles. The Bertz CT molecular complexity index is 439. The quantitative estimate of drug-likeness (QED) is 0.728. The number of hydrogen-bond donors (Lipinski definition) is 1. The fourth-order valence-corrected chi connectivity index (χ4v) is 2.81. The van der Waals surface area contributed by atoms with Crippen molar-refractivity contribution in [1.29, 1.82) is 0 Å². The second kappa shape index (κ2) is 7.79. The molecule has 0 amide bonds. The topological polar surface area (TPSA) is 15.3 Å². The molecule has 1 aliphatic rings. The average Bonchev–Trinajstić information content (AvgIpc) is 3.32. The number of halogens is 1. The number of nitrogens with zero attached hydrogens (tertiary/aromatic N) is 1. The summed E-state index contributed by atoms with van der Waals surface area (Å²) in [6.45, 7) is 9.23. The zero-order valence-corrected chi connectivity index (χ0v) is 13.7. The van der Waals surface area contributed by atoms with Gasteiger partial charge in [0.1, 0.15) is 5.82 Å². The number of rotatable bonds is 9. The zero-order valence-electron chi connectivity index (χ0n) is 13.7. The van der Waals surface area contributed by atoms with Crippen LogP contribution >= 0.6 is 0 Å². The van der Waals surface area contributed by atoms with Crippen molar-refractivity contribution in [2.24, 2.45) is 5.92 Å². The molecule has 0 unspecified atom stereocenters. The Labute approximate surface area is 128 Å². The highest BCUT2D eigenvalue weighted by Gasteiger charge is 2.22. The molecule has 1 fully saturated rings. The summed E-state index contributed by atoms with van der Waals surface area (Å²) in [7, 11) is 0. The van der Waals surface area contributed by atoms with Gasteiger partial charge in [0.2, 0.25) is 0 Å². The third kappa shape index (κ3) is 4.44. The van der Waals surface area contributed by atoms with E-state index >= 15 is 0 Å². The Morgan fingerprint density at radius 2 is 1.95 bits per heavy atom. The molecule has 0 atom stereocenters. The minimum absolute atomic E-state index is 0.0800. The first-order valence-electron chi connectivity index (χ1n) is 8.45. The van der Waals surface area contributed by atoms with E-state index in [1.54, 1.807) is 6.07 Å². The van der Waals surface area contributed by atoms with Gasteiger partial charge in [0.15, 0.2) is 0 Å². The van der Waals surface area contributed by atoms with Gasteiger partial charge in [-0.2, -0.15) is 0 Å². The molecular formula is C18H29FN2. The van der Waals surface area contributed by atoms with Crippen molar-refractivity contribution in [3.63, 3.8) is 0 Å². The van der Waals surface area contributed by atoms with Crippen LogP contribution in [0.4, 0.5) is 10.1 Å². The Balaban J connectivity index is 2.15. The van der Waals surface area contributed by atoms with Gasteiger partial charge >= 0.3 is 0 Å². The first kappa shape index (κ1) is 16.3. The first-order chi connectivity index (χ1) is 10.2. The predicted molar refractivity (Wildman–Crippen MR) is 88.2 cm³/mol. The molecule has 3 heteroatoms. The highest BCUT2D eigenvalue weighted by Crippen LogP contribution is 2.27. The van der Waals surface area contributed by atoms with E-state index in [-0.39, 0.29) is 5.82 Å². The highest BCUT2D eigenvalue weighted by atomic mass is 19.1. The van der Waals surface area contributed by atoms with Gasteiger partial charge in [-0.05, 0) is 37.8 Å². The van der Waals surface area contributed by atoms with Crippen LogP contribution in [0.25, 0.3) is 0 Å². The van der Waals surface area contributed by atoms with E-state index in [4.69, 9.17) is 0 Å². The number of nitrogens with one attached hydrogen (secondary N) is 1. The molecule has 2 nitrogen and oxygen atoms in total. The lowest BCUT2D eigenvalue weighted by Gasteiger charge is -2.29. The van der Waals surface area contributed by atoms with Crippen molar-refractivity contribution in [3.8, 4) is 0 Å². The van der Waals surface area contributed by atoms with Gasteiger partial charge in [-0.1, -0.05) is 32.8 Å². The van der Waals surface area contributed by atoms with Crippen molar-refractivity contribution >= 4 is 5.69 Å². The molecule has 1 aromatic rings. The van der Waals surface area contributed by atoms with Crippen LogP contribution < -0.4 is 10.2 Å². The molecule has 21 heavy (non-hydrogen) atoms. The second-order valence-corrected chi connectivity index (χ2v) is 6.11. The van der Waals surface area contributed by atoms with Crippen LogP contribution in [0.3, 0.4) is 0 Å². The van der Waals surface area contributed by atoms with Crippen LogP contribution in [-0.4, -0.2) is 19.1 Å². The summed E-state index contributed by atoms with van der Waals surface area (Å²) in [6, 6.07) is 6.09. The smallest absolute Gasteiger partial charge is 0.129 e. The average molecular weight is 292 g/mol. The van der Waals surface area contributed by atoms with Gasteiger partial charge in [-0.3, -0.25) is 0 Å². The summed E-state index contributed by atoms with van der Waals surface area (Å²) in [4.78, 5) is 2.34. The molecular weight excluding hydrogens is 263 g/mol. The van der Waals surface area contributed by atoms with Crippen molar-refractivity contribution in [2.75, 3.05) is 18.0 Å². The molecule has 1 aliphatic carbocycles. The minimum atomic E-state index is -0.0800. The van der Waals surface area contributed by atoms with Gasteiger partial charge in [0, 0.05) is 36.9 Å². The Morgan fingerprint density at radius 3 is 2.52 bits per heavy atom. The lowest BCUT2D eigenvalue weighted by Crippen LogP contribution is -2.31. The lowest BCUT2D eigenvalue weighted by molar-refractivity contribution is 0.484. The van der Waals surface area contributed by atoms with Crippen LogP contribution in [0.2, 0.25) is 0 Å². The summed E-state index contributed by atoms with van der Waals surface area (Å²) in [5.74, 6) is 0.598. The van der Waals surface area contributed by atoms with Gasteiger partial charge in [-0.15, -0.1) is 0 Å². The van der Waals surface area contributed by atoms with Crippen molar-refractivity contribution < 1.29 is 4.39 Å². The molecule has 1 N–H and O–H groups in total. The molecule has 0 aliphatic heterocycles. The van der Waals surface area contributed by atoms with Crippen molar-refractivity contribution in [1.82, 2.24) is 5.32 Å². The lowest BCUT2D eigenvalue weighted by atomic mass is 10.0. The number of benzene rings is 1. The molecule has 118 valence electrons. The predicted octanol–water partition coefficient (Wildman–Crippen LogP) is 4.34. The van der Waals surface area contributed by atoms with E-state index in [0.717, 1.165) is 24.3 Å². The number of anilines is 1. The third-order valence-electron chi connectivity index (χ3n) is 4.59. The van der Waals surface area contributed by atoms with Crippen LogP contribution in [0, 0.1) is 11.7 Å².